The largest absolute Gasteiger partial charge is 0.289 e. The van der Waals surface area contributed by atoms with E-state index in [2.05, 4.69) is 5.43 Å². The third kappa shape index (κ3) is 8.52. The van der Waals surface area contributed by atoms with Crippen molar-refractivity contribution >= 4 is 47.4 Å². The van der Waals surface area contributed by atoms with Gasteiger partial charge >= 0.3 is 0 Å². The number of aryl methyl sites for hydroxylation is 1. The first kappa shape index (κ1) is 33.0. The Morgan fingerprint density at radius 3 is 1.74 bits per heavy atom. The van der Waals surface area contributed by atoms with Gasteiger partial charge in [0.25, 0.3) is 5.24 Å². The second kappa shape index (κ2) is 14.8. The first-order valence-electron chi connectivity index (χ1n) is 11.7. The maximum absolute atomic E-state index is 13.5. The number of hydrogen-bond donors (Lipinski definition) is 2. The van der Waals surface area contributed by atoms with Gasteiger partial charge in [0, 0.05) is 22.2 Å². The number of carbonyl (C=O) groups excluding carboxylic acids is 2. The van der Waals surface area contributed by atoms with E-state index in [0.717, 1.165) is 27.8 Å². The van der Waals surface area contributed by atoms with Crippen LogP contribution in [0.4, 0.5) is 0 Å². The van der Waals surface area contributed by atoms with Crippen LogP contribution >= 0.6 is 36.4 Å². The molecule has 0 atom stereocenters. The fourth-order valence-corrected chi connectivity index (χ4v) is 3.82. The topological polar surface area (TPSA) is 72.2 Å². The lowest BCUT2D eigenvalue weighted by Gasteiger charge is -2.15. The van der Waals surface area contributed by atoms with Crippen molar-refractivity contribution in [1.29, 1.82) is 0 Å². The third-order valence-electron chi connectivity index (χ3n) is 5.54. The molecule has 4 nitrogen and oxygen atoms in total. The van der Waals surface area contributed by atoms with Gasteiger partial charge in [-0.15, -0.1) is 24.8 Å². The quantitative estimate of drug-likeness (QED) is 0.110. The minimum Gasteiger partial charge on any atom is -0.289 e. The van der Waals surface area contributed by atoms with Crippen LogP contribution in [-0.4, -0.2) is 16.6 Å². The molecule has 0 fully saturated rings. The van der Waals surface area contributed by atoms with E-state index in [1.807, 2.05) is 107 Å². The number of nitrogens with one attached hydrogen (secondary N) is 1. The summed E-state index contributed by atoms with van der Waals surface area (Å²) in [5, 5.41) is -0.635. The third-order valence-corrected chi connectivity index (χ3v) is 5.74. The lowest BCUT2D eigenvalue weighted by atomic mass is 9.88. The van der Waals surface area contributed by atoms with Crippen molar-refractivity contribution in [2.45, 2.75) is 33.2 Å². The molecule has 0 bridgehead atoms. The highest BCUT2D eigenvalue weighted by molar-refractivity contribution is 6.68. The summed E-state index contributed by atoms with van der Waals surface area (Å²) in [6.07, 6.45) is 0. The number of rotatable bonds is 5. The van der Waals surface area contributed by atoms with E-state index < -0.39 is 5.24 Å². The zero-order valence-electron chi connectivity index (χ0n) is 21.8. The highest BCUT2D eigenvalue weighted by Gasteiger charge is 2.21. The zero-order valence-corrected chi connectivity index (χ0v) is 24.2. The normalized spacial score (nSPS) is 10.3. The summed E-state index contributed by atoms with van der Waals surface area (Å²) in [6, 6.07) is 30.7. The molecule has 0 unspecified atom stereocenters. The second-order valence-electron chi connectivity index (χ2n) is 9.50. The van der Waals surface area contributed by atoms with Crippen LogP contribution in [0.5, 0.6) is 0 Å². The van der Waals surface area contributed by atoms with Gasteiger partial charge in [0.05, 0.1) is 0 Å². The average Bonchev–Trinajstić information content (AvgIpc) is 2.88. The van der Waals surface area contributed by atoms with E-state index in [4.69, 9.17) is 17.4 Å². The van der Waals surface area contributed by atoms with Crippen molar-refractivity contribution in [3.8, 4) is 22.3 Å². The van der Waals surface area contributed by atoms with Crippen LogP contribution in [-0.2, 0) is 0 Å². The van der Waals surface area contributed by atoms with Gasteiger partial charge in [0.15, 0.2) is 5.78 Å². The van der Waals surface area contributed by atoms with Crippen LogP contribution in [0, 0.1) is 6.92 Å². The molecule has 0 spiro atoms. The van der Waals surface area contributed by atoms with E-state index in [1.165, 1.54) is 0 Å². The van der Waals surface area contributed by atoms with Gasteiger partial charge in [-0.2, -0.15) is 0 Å². The van der Waals surface area contributed by atoms with Crippen molar-refractivity contribution in [2.75, 3.05) is 0 Å². The Balaban J connectivity index is 0.000000813. The molecule has 3 N–H and O–H groups in total. The number of ketones is 1. The summed E-state index contributed by atoms with van der Waals surface area (Å²) in [4.78, 5) is 25.5. The van der Waals surface area contributed by atoms with Gasteiger partial charge < -0.3 is 0 Å². The van der Waals surface area contributed by atoms with Crippen molar-refractivity contribution in [1.82, 2.24) is 5.43 Å². The molecular weight excluding hydrogens is 539 g/mol. The fourth-order valence-electron chi connectivity index (χ4n) is 3.67. The van der Waals surface area contributed by atoms with E-state index in [1.54, 1.807) is 18.2 Å². The monoisotopic (exact) mass is 570 g/mol. The highest BCUT2D eigenvalue weighted by Crippen LogP contribution is 2.35. The second-order valence-corrected chi connectivity index (χ2v) is 9.85. The molecule has 200 valence electrons. The molecule has 0 saturated carbocycles. The number of halogens is 3. The standard InChI is InChI=1S/C27H19ClO2.C4H12N2.2ClH/c1-18-15-16-24(25(17-18)27(28)30)26(29)23-14-8-7-13-22(23)21-12-6-5-11-20(21)19-9-3-2-4-10-19;1-4(2,3)6-5;;/h2-17H,1H3;6H,5H2,1-3H3;2*1H. The Morgan fingerprint density at radius 2 is 1.18 bits per heavy atom. The van der Waals surface area contributed by atoms with Crippen LogP contribution in [0.1, 0.15) is 52.6 Å². The summed E-state index contributed by atoms with van der Waals surface area (Å²) >= 11 is 5.78. The minimum absolute atomic E-state index is 0. The lowest BCUT2D eigenvalue weighted by molar-refractivity contribution is 0.102. The molecule has 7 heteroatoms. The maximum atomic E-state index is 13.5. The van der Waals surface area contributed by atoms with Gasteiger partial charge in [0.2, 0.25) is 0 Å². The summed E-state index contributed by atoms with van der Waals surface area (Å²) < 4.78 is 0. The van der Waals surface area contributed by atoms with E-state index >= 15 is 0 Å². The van der Waals surface area contributed by atoms with Crippen LogP contribution in [0.2, 0.25) is 0 Å². The number of carbonyl (C=O) groups is 2. The molecule has 0 aliphatic heterocycles. The molecule has 0 saturated heterocycles. The minimum atomic E-state index is -0.635. The predicted octanol–water partition coefficient (Wildman–Crippen LogP) is 8.03. The summed E-state index contributed by atoms with van der Waals surface area (Å²) in [6.45, 7) is 7.88. The fraction of sp³-hybridized carbons (Fsp3) is 0.161. The molecular formula is C31H33Cl3N2O2. The molecule has 0 aliphatic rings. The van der Waals surface area contributed by atoms with E-state index in [9.17, 15) is 9.59 Å². The van der Waals surface area contributed by atoms with Crippen molar-refractivity contribution < 1.29 is 9.59 Å². The van der Waals surface area contributed by atoms with Crippen molar-refractivity contribution in [3.05, 3.63) is 119 Å². The number of hydrogen-bond acceptors (Lipinski definition) is 4. The summed E-state index contributed by atoms with van der Waals surface area (Å²) in [5.74, 6) is 4.83. The van der Waals surface area contributed by atoms with Crippen molar-refractivity contribution in [3.63, 3.8) is 0 Å². The first-order chi connectivity index (χ1) is 17.1. The number of benzene rings is 4. The van der Waals surface area contributed by atoms with Gasteiger partial charge in [-0.3, -0.25) is 20.9 Å². The zero-order chi connectivity index (χ0) is 26.3. The SMILES string of the molecule is CC(C)(C)NN.Cc1ccc(C(=O)c2ccccc2-c2ccccc2-c2ccccc2)c(C(=O)Cl)c1.Cl.Cl. The molecule has 0 radical (unpaired) electrons. The van der Waals surface area contributed by atoms with Crippen LogP contribution in [0.25, 0.3) is 22.3 Å². The van der Waals surface area contributed by atoms with Crippen LogP contribution in [0.3, 0.4) is 0 Å². The molecule has 0 amide bonds. The smallest absolute Gasteiger partial charge is 0.253 e. The van der Waals surface area contributed by atoms with Crippen molar-refractivity contribution in [2.24, 2.45) is 5.84 Å². The number of hydrazine groups is 1. The molecule has 4 rings (SSSR count). The Morgan fingerprint density at radius 1 is 0.684 bits per heavy atom. The average molecular weight is 572 g/mol. The van der Waals surface area contributed by atoms with Crippen LogP contribution < -0.4 is 11.3 Å². The van der Waals surface area contributed by atoms with Gasteiger partial charge in [-0.25, -0.2) is 0 Å². The Kier molecular flexibility index (Phi) is 12.9. The predicted molar refractivity (Wildman–Crippen MR) is 164 cm³/mol. The van der Waals surface area contributed by atoms with Gasteiger partial charge in [-0.1, -0.05) is 90.5 Å². The molecule has 38 heavy (non-hydrogen) atoms. The molecule has 0 aliphatic carbocycles. The highest BCUT2D eigenvalue weighted by atomic mass is 35.5. The molecule has 0 heterocycles. The van der Waals surface area contributed by atoms with Crippen LogP contribution in [0.15, 0.2) is 97.1 Å². The molecule has 4 aromatic carbocycles. The van der Waals surface area contributed by atoms with Gasteiger partial charge in [0.1, 0.15) is 0 Å². The number of nitrogens with two attached hydrogens (primary N) is 1. The van der Waals surface area contributed by atoms with Gasteiger partial charge in [-0.05, 0) is 73.7 Å². The van der Waals surface area contributed by atoms with E-state index in [-0.39, 0.29) is 41.7 Å². The summed E-state index contributed by atoms with van der Waals surface area (Å²) in [7, 11) is 0. The molecule has 4 aromatic rings. The first-order valence-corrected chi connectivity index (χ1v) is 12.1. The Hall–Kier alpha value is -2.99. The Labute approximate surface area is 242 Å². The maximum Gasteiger partial charge on any atom is 0.253 e. The lowest BCUT2D eigenvalue weighted by Crippen LogP contribution is -2.41. The van der Waals surface area contributed by atoms with E-state index in [0.29, 0.717) is 11.1 Å². The molecule has 0 aromatic heterocycles. The Bertz CT molecular complexity index is 1370. The summed E-state index contributed by atoms with van der Waals surface area (Å²) in [5.41, 5.74) is 8.50.